The maximum atomic E-state index is 10.6. The molecule has 1 atom stereocenters. The van der Waals surface area contributed by atoms with E-state index in [4.69, 9.17) is 4.74 Å². The van der Waals surface area contributed by atoms with Crippen molar-refractivity contribution in [2.24, 2.45) is 0 Å². The molecular weight excluding hydrogens is 212 g/mol. The minimum Gasteiger partial charge on any atom is -0.501 e. The summed E-state index contributed by atoms with van der Waals surface area (Å²) in [5.41, 5.74) is 2.30. The number of hydrogen-bond donors (Lipinski definition) is 1. The molecule has 0 bridgehead atoms. The lowest BCUT2D eigenvalue weighted by atomic mass is 9.84. The van der Waals surface area contributed by atoms with E-state index >= 15 is 0 Å². The highest BCUT2D eigenvalue weighted by atomic mass is 16.5. The van der Waals surface area contributed by atoms with E-state index < -0.39 is 0 Å². The number of hydrogen-bond acceptors (Lipinski definition) is 2. The molecule has 17 heavy (non-hydrogen) atoms. The first-order valence-electron chi connectivity index (χ1n) is 6.37. The summed E-state index contributed by atoms with van der Waals surface area (Å²) in [6.45, 7) is 0.786. The highest BCUT2D eigenvalue weighted by molar-refractivity contribution is 5.37. The van der Waals surface area contributed by atoms with Crippen LogP contribution in [0.2, 0.25) is 0 Å². The Morgan fingerprint density at radius 1 is 1.18 bits per heavy atom. The van der Waals surface area contributed by atoms with Crippen molar-refractivity contribution in [3.63, 3.8) is 0 Å². The molecule has 3 rings (SSSR count). The minimum absolute atomic E-state index is 0.0339. The Labute approximate surface area is 102 Å². The van der Waals surface area contributed by atoms with E-state index in [0.29, 0.717) is 0 Å². The molecule has 1 fully saturated rings. The molecule has 1 heterocycles. The standard InChI is InChI=1S/C15H18O2/c16-14(12-5-4-10-17-11-12)15(8-9-15)13-6-2-1-3-7-13/h1-3,6-7,11,14,16H,4-5,8-10H2. The Kier molecular flexibility index (Phi) is 2.67. The number of aliphatic hydroxyl groups excluding tert-OH is 1. The highest BCUT2D eigenvalue weighted by Crippen LogP contribution is 2.53. The van der Waals surface area contributed by atoms with Gasteiger partial charge in [-0.2, -0.15) is 0 Å². The molecule has 1 aromatic carbocycles. The van der Waals surface area contributed by atoms with E-state index in [1.807, 2.05) is 18.2 Å². The van der Waals surface area contributed by atoms with Crippen molar-refractivity contribution in [2.75, 3.05) is 6.61 Å². The van der Waals surface area contributed by atoms with Gasteiger partial charge >= 0.3 is 0 Å². The Balaban J connectivity index is 1.86. The van der Waals surface area contributed by atoms with E-state index in [1.54, 1.807) is 6.26 Å². The number of aliphatic hydroxyl groups is 1. The van der Waals surface area contributed by atoms with Gasteiger partial charge in [0.05, 0.1) is 19.0 Å². The molecule has 1 saturated carbocycles. The van der Waals surface area contributed by atoms with Gasteiger partial charge in [-0.05, 0) is 36.8 Å². The van der Waals surface area contributed by atoms with Crippen molar-refractivity contribution in [1.29, 1.82) is 0 Å². The van der Waals surface area contributed by atoms with Gasteiger partial charge in [-0.25, -0.2) is 0 Å². The van der Waals surface area contributed by atoms with Crippen LogP contribution in [0.15, 0.2) is 42.2 Å². The maximum Gasteiger partial charge on any atom is 0.0879 e. The van der Waals surface area contributed by atoms with E-state index in [2.05, 4.69) is 12.1 Å². The average Bonchev–Trinajstić information content (AvgIpc) is 3.21. The smallest absolute Gasteiger partial charge is 0.0879 e. The highest BCUT2D eigenvalue weighted by Gasteiger charge is 2.51. The summed E-state index contributed by atoms with van der Waals surface area (Å²) >= 11 is 0. The summed E-state index contributed by atoms with van der Waals surface area (Å²) in [6, 6.07) is 10.4. The third-order valence-corrected chi connectivity index (χ3v) is 3.97. The predicted molar refractivity (Wildman–Crippen MR) is 66.6 cm³/mol. The first-order valence-corrected chi connectivity index (χ1v) is 6.37. The lowest BCUT2D eigenvalue weighted by Gasteiger charge is -2.27. The van der Waals surface area contributed by atoms with Crippen LogP contribution in [-0.4, -0.2) is 17.8 Å². The molecule has 2 nitrogen and oxygen atoms in total. The Morgan fingerprint density at radius 2 is 1.94 bits per heavy atom. The van der Waals surface area contributed by atoms with Crippen molar-refractivity contribution in [2.45, 2.75) is 37.2 Å². The van der Waals surface area contributed by atoms with Crippen LogP contribution in [0.1, 0.15) is 31.2 Å². The third-order valence-electron chi connectivity index (χ3n) is 3.97. The molecule has 0 spiro atoms. The van der Waals surface area contributed by atoms with Gasteiger partial charge in [-0.15, -0.1) is 0 Å². The monoisotopic (exact) mass is 230 g/mol. The summed E-state index contributed by atoms with van der Waals surface area (Å²) < 4.78 is 5.34. The second-order valence-corrected chi connectivity index (χ2v) is 5.09. The molecular formula is C15H18O2. The maximum absolute atomic E-state index is 10.6. The number of rotatable bonds is 3. The van der Waals surface area contributed by atoms with Crippen LogP contribution in [0.5, 0.6) is 0 Å². The molecule has 0 aromatic heterocycles. The predicted octanol–water partition coefficient (Wildman–Crippen LogP) is 2.77. The van der Waals surface area contributed by atoms with Crippen molar-refractivity contribution in [3.05, 3.63) is 47.7 Å². The molecule has 1 unspecified atom stereocenters. The summed E-state index contributed by atoms with van der Waals surface area (Å²) in [6.07, 6.45) is 5.55. The van der Waals surface area contributed by atoms with E-state index in [0.717, 1.165) is 37.9 Å². The molecule has 1 aliphatic heterocycles. The van der Waals surface area contributed by atoms with Gasteiger partial charge in [0.25, 0.3) is 0 Å². The van der Waals surface area contributed by atoms with Gasteiger partial charge in [-0.1, -0.05) is 30.3 Å². The van der Waals surface area contributed by atoms with Gasteiger partial charge in [-0.3, -0.25) is 0 Å². The summed E-state index contributed by atoms with van der Waals surface area (Å²) in [5, 5.41) is 10.6. The van der Waals surface area contributed by atoms with Crippen molar-refractivity contribution in [3.8, 4) is 0 Å². The fourth-order valence-corrected chi connectivity index (χ4v) is 2.77. The first kappa shape index (κ1) is 10.8. The molecule has 0 saturated heterocycles. The Hall–Kier alpha value is -1.28. The van der Waals surface area contributed by atoms with Crippen molar-refractivity contribution >= 4 is 0 Å². The molecule has 1 aliphatic carbocycles. The van der Waals surface area contributed by atoms with Crippen LogP contribution in [0, 0.1) is 0 Å². The third kappa shape index (κ3) is 1.87. The summed E-state index contributed by atoms with van der Waals surface area (Å²) in [7, 11) is 0. The largest absolute Gasteiger partial charge is 0.501 e. The van der Waals surface area contributed by atoms with Crippen LogP contribution in [0.3, 0.4) is 0 Å². The quantitative estimate of drug-likeness (QED) is 0.865. The second kappa shape index (κ2) is 4.19. The first-order chi connectivity index (χ1) is 8.33. The van der Waals surface area contributed by atoms with E-state index in [1.165, 1.54) is 5.56 Å². The molecule has 2 aliphatic rings. The van der Waals surface area contributed by atoms with Crippen LogP contribution < -0.4 is 0 Å². The van der Waals surface area contributed by atoms with Crippen LogP contribution in [0.4, 0.5) is 0 Å². The zero-order chi connectivity index (χ0) is 11.7. The average molecular weight is 230 g/mol. The van der Waals surface area contributed by atoms with E-state index in [-0.39, 0.29) is 11.5 Å². The zero-order valence-electron chi connectivity index (χ0n) is 9.93. The topological polar surface area (TPSA) is 29.5 Å². The minimum atomic E-state index is -0.370. The zero-order valence-corrected chi connectivity index (χ0v) is 9.93. The lowest BCUT2D eigenvalue weighted by Crippen LogP contribution is -2.29. The second-order valence-electron chi connectivity index (χ2n) is 5.09. The fourth-order valence-electron chi connectivity index (χ4n) is 2.77. The van der Waals surface area contributed by atoms with Gasteiger partial charge in [0.15, 0.2) is 0 Å². The molecule has 90 valence electrons. The molecule has 1 N–H and O–H groups in total. The van der Waals surface area contributed by atoms with Gasteiger partial charge in [0.1, 0.15) is 0 Å². The lowest BCUT2D eigenvalue weighted by molar-refractivity contribution is 0.139. The van der Waals surface area contributed by atoms with E-state index in [9.17, 15) is 5.11 Å². The van der Waals surface area contributed by atoms with Gasteiger partial charge in [0.2, 0.25) is 0 Å². The summed E-state index contributed by atoms with van der Waals surface area (Å²) in [5.74, 6) is 0. The van der Waals surface area contributed by atoms with Crippen molar-refractivity contribution in [1.82, 2.24) is 0 Å². The molecule has 2 heteroatoms. The molecule has 0 radical (unpaired) electrons. The van der Waals surface area contributed by atoms with Gasteiger partial charge in [0, 0.05) is 5.41 Å². The fraction of sp³-hybridized carbons (Fsp3) is 0.467. The molecule has 0 amide bonds. The Morgan fingerprint density at radius 3 is 2.53 bits per heavy atom. The van der Waals surface area contributed by atoms with Crippen LogP contribution in [-0.2, 0) is 10.2 Å². The molecule has 1 aromatic rings. The Bertz CT molecular complexity index is 418. The normalized spacial score (nSPS) is 23.5. The van der Waals surface area contributed by atoms with Crippen LogP contribution in [0.25, 0.3) is 0 Å². The number of benzene rings is 1. The van der Waals surface area contributed by atoms with Crippen molar-refractivity contribution < 1.29 is 9.84 Å². The van der Waals surface area contributed by atoms with Gasteiger partial charge < -0.3 is 9.84 Å². The SMILES string of the molecule is OC(C1=COCCC1)C1(c2ccccc2)CC1. The number of ether oxygens (including phenoxy) is 1. The summed E-state index contributed by atoms with van der Waals surface area (Å²) in [4.78, 5) is 0. The van der Waals surface area contributed by atoms with Crippen LogP contribution >= 0.6 is 0 Å².